The first-order valence-corrected chi connectivity index (χ1v) is 10.2. The van der Waals surface area contributed by atoms with E-state index in [1.54, 1.807) is 17.8 Å². The quantitative estimate of drug-likeness (QED) is 0.476. The molecule has 0 N–H and O–H groups in total. The molecule has 136 valence electrons. The molecule has 0 bridgehead atoms. The molecule has 2 aromatic heterocycles. The maximum Gasteiger partial charge on any atom is 0.191 e. The standard InChI is InChI=1S/C19H20Cl2N4S/c1-13(2)12-25-18(16-7-6-14(20)11-17(16)21)23-24-19(25)26-10-8-15-5-3-4-9-22-15/h3-7,9,11,13H,8,10,12H2,1-2H3. The molecule has 0 radical (unpaired) electrons. The lowest BCUT2D eigenvalue weighted by Gasteiger charge is -2.13. The largest absolute Gasteiger partial charge is 0.302 e. The van der Waals surface area contributed by atoms with Crippen molar-refractivity contribution in [1.29, 1.82) is 0 Å². The highest BCUT2D eigenvalue weighted by Crippen LogP contribution is 2.32. The Morgan fingerprint density at radius 2 is 1.96 bits per heavy atom. The van der Waals surface area contributed by atoms with E-state index >= 15 is 0 Å². The third-order valence-electron chi connectivity index (χ3n) is 3.75. The van der Waals surface area contributed by atoms with Gasteiger partial charge in [0.05, 0.1) is 5.02 Å². The zero-order valence-electron chi connectivity index (χ0n) is 14.7. The van der Waals surface area contributed by atoms with Crippen LogP contribution in [0.5, 0.6) is 0 Å². The summed E-state index contributed by atoms with van der Waals surface area (Å²) in [6.45, 7) is 5.18. The highest BCUT2D eigenvalue weighted by atomic mass is 35.5. The minimum atomic E-state index is 0.464. The van der Waals surface area contributed by atoms with Crippen molar-refractivity contribution in [2.45, 2.75) is 32.0 Å². The lowest BCUT2D eigenvalue weighted by atomic mass is 10.2. The van der Waals surface area contributed by atoms with Gasteiger partial charge < -0.3 is 4.57 Å². The van der Waals surface area contributed by atoms with Crippen molar-refractivity contribution in [3.05, 3.63) is 58.3 Å². The lowest BCUT2D eigenvalue weighted by Crippen LogP contribution is -2.08. The minimum Gasteiger partial charge on any atom is -0.302 e. The van der Waals surface area contributed by atoms with Crippen LogP contribution in [-0.4, -0.2) is 25.5 Å². The summed E-state index contributed by atoms with van der Waals surface area (Å²) >= 11 is 14.1. The summed E-state index contributed by atoms with van der Waals surface area (Å²) in [4.78, 5) is 4.37. The average molecular weight is 407 g/mol. The minimum absolute atomic E-state index is 0.464. The Kier molecular flexibility index (Phi) is 6.57. The van der Waals surface area contributed by atoms with Gasteiger partial charge in [-0.3, -0.25) is 4.98 Å². The molecule has 2 heterocycles. The first-order chi connectivity index (χ1) is 12.5. The normalized spacial score (nSPS) is 11.3. The molecule has 0 aliphatic carbocycles. The van der Waals surface area contributed by atoms with Crippen LogP contribution in [0.1, 0.15) is 19.5 Å². The molecule has 0 unspecified atom stereocenters. The van der Waals surface area contributed by atoms with Gasteiger partial charge in [0.2, 0.25) is 0 Å². The van der Waals surface area contributed by atoms with E-state index in [1.165, 1.54) is 0 Å². The molecule has 26 heavy (non-hydrogen) atoms. The van der Waals surface area contributed by atoms with Crippen molar-refractivity contribution in [1.82, 2.24) is 19.7 Å². The molecule has 4 nitrogen and oxygen atoms in total. The SMILES string of the molecule is CC(C)Cn1c(SCCc2ccccn2)nnc1-c1ccc(Cl)cc1Cl. The second-order valence-electron chi connectivity index (χ2n) is 6.35. The Morgan fingerprint density at radius 3 is 2.65 bits per heavy atom. The lowest BCUT2D eigenvalue weighted by molar-refractivity contribution is 0.498. The van der Waals surface area contributed by atoms with Gasteiger partial charge in [-0.15, -0.1) is 10.2 Å². The van der Waals surface area contributed by atoms with Crippen LogP contribution < -0.4 is 0 Å². The van der Waals surface area contributed by atoms with Crippen LogP contribution in [-0.2, 0) is 13.0 Å². The van der Waals surface area contributed by atoms with E-state index in [1.807, 2.05) is 36.5 Å². The molecule has 0 amide bonds. The Hall–Kier alpha value is -1.56. The fourth-order valence-electron chi connectivity index (χ4n) is 2.59. The number of thioether (sulfide) groups is 1. The van der Waals surface area contributed by atoms with E-state index < -0.39 is 0 Å². The zero-order valence-corrected chi connectivity index (χ0v) is 17.0. The van der Waals surface area contributed by atoms with Gasteiger partial charge in [0, 0.05) is 34.8 Å². The van der Waals surface area contributed by atoms with Crippen LogP contribution in [0.2, 0.25) is 10.0 Å². The van der Waals surface area contributed by atoms with Gasteiger partial charge in [-0.05, 0) is 42.7 Å². The van der Waals surface area contributed by atoms with Crippen molar-refractivity contribution >= 4 is 35.0 Å². The number of aryl methyl sites for hydroxylation is 1. The molecule has 0 spiro atoms. The molecular weight excluding hydrogens is 387 g/mol. The van der Waals surface area contributed by atoms with Crippen molar-refractivity contribution in [2.24, 2.45) is 5.92 Å². The van der Waals surface area contributed by atoms with Crippen molar-refractivity contribution in [3.63, 3.8) is 0 Å². The van der Waals surface area contributed by atoms with E-state index in [2.05, 4.69) is 33.6 Å². The monoisotopic (exact) mass is 406 g/mol. The molecule has 0 saturated carbocycles. The van der Waals surface area contributed by atoms with E-state index in [9.17, 15) is 0 Å². The number of pyridine rings is 1. The average Bonchev–Trinajstić information content (AvgIpc) is 2.98. The number of rotatable bonds is 7. The van der Waals surface area contributed by atoms with Gasteiger partial charge in [0.25, 0.3) is 0 Å². The molecular formula is C19H20Cl2N4S. The predicted molar refractivity (Wildman–Crippen MR) is 109 cm³/mol. The van der Waals surface area contributed by atoms with Gasteiger partial charge in [-0.1, -0.05) is 54.9 Å². The van der Waals surface area contributed by atoms with Crippen LogP contribution in [0.4, 0.5) is 0 Å². The third-order valence-corrected chi connectivity index (χ3v) is 5.27. The van der Waals surface area contributed by atoms with E-state index in [0.717, 1.165) is 41.0 Å². The summed E-state index contributed by atoms with van der Waals surface area (Å²) in [5.41, 5.74) is 1.93. The second kappa shape index (κ2) is 8.89. The smallest absolute Gasteiger partial charge is 0.191 e. The number of benzene rings is 1. The van der Waals surface area contributed by atoms with Crippen LogP contribution in [0.25, 0.3) is 11.4 Å². The van der Waals surface area contributed by atoms with E-state index in [0.29, 0.717) is 16.0 Å². The summed E-state index contributed by atoms with van der Waals surface area (Å²) in [6.07, 6.45) is 2.71. The molecule has 3 rings (SSSR count). The van der Waals surface area contributed by atoms with E-state index in [4.69, 9.17) is 23.2 Å². The second-order valence-corrected chi connectivity index (χ2v) is 8.26. The van der Waals surface area contributed by atoms with Crippen molar-refractivity contribution < 1.29 is 0 Å². The predicted octanol–water partition coefficient (Wildman–Crippen LogP) is 5.64. The highest BCUT2D eigenvalue weighted by molar-refractivity contribution is 7.99. The molecule has 0 aliphatic rings. The molecule has 0 fully saturated rings. The summed E-state index contributed by atoms with van der Waals surface area (Å²) in [7, 11) is 0. The van der Waals surface area contributed by atoms with Crippen LogP contribution >= 0.6 is 35.0 Å². The maximum absolute atomic E-state index is 6.39. The maximum atomic E-state index is 6.39. The number of hydrogen-bond donors (Lipinski definition) is 0. The highest BCUT2D eigenvalue weighted by Gasteiger charge is 2.17. The Labute approximate surface area is 168 Å². The number of nitrogens with zero attached hydrogens (tertiary/aromatic N) is 4. The van der Waals surface area contributed by atoms with Gasteiger partial charge >= 0.3 is 0 Å². The Morgan fingerprint density at radius 1 is 1.12 bits per heavy atom. The third kappa shape index (κ3) is 4.78. The zero-order chi connectivity index (χ0) is 18.5. The van der Waals surface area contributed by atoms with Gasteiger partial charge in [-0.25, -0.2) is 0 Å². The number of hydrogen-bond acceptors (Lipinski definition) is 4. The van der Waals surface area contributed by atoms with Crippen molar-refractivity contribution in [3.8, 4) is 11.4 Å². The van der Waals surface area contributed by atoms with Crippen LogP contribution in [0, 0.1) is 5.92 Å². The summed E-state index contributed by atoms with van der Waals surface area (Å²) in [5, 5.41) is 10.9. The first kappa shape index (κ1) is 19.2. The molecule has 0 aliphatic heterocycles. The fourth-order valence-corrected chi connectivity index (χ4v) is 3.99. The number of aromatic nitrogens is 4. The van der Waals surface area contributed by atoms with E-state index in [-0.39, 0.29) is 0 Å². The summed E-state index contributed by atoms with van der Waals surface area (Å²) < 4.78 is 2.14. The van der Waals surface area contributed by atoms with Crippen molar-refractivity contribution in [2.75, 3.05) is 5.75 Å². The van der Waals surface area contributed by atoms with Gasteiger partial charge in [0.1, 0.15) is 0 Å². The van der Waals surface area contributed by atoms with Gasteiger partial charge in [-0.2, -0.15) is 0 Å². The summed E-state index contributed by atoms with van der Waals surface area (Å²) in [5.74, 6) is 2.13. The molecule has 3 aromatic rings. The fraction of sp³-hybridized carbons (Fsp3) is 0.316. The molecule has 7 heteroatoms. The Balaban J connectivity index is 1.82. The summed E-state index contributed by atoms with van der Waals surface area (Å²) in [6, 6.07) is 11.4. The molecule has 1 aromatic carbocycles. The number of halogens is 2. The molecule has 0 saturated heterocycles. The van der Waals surface area contributed by atoms with Gasteiger partial charge in [0.15, 0.2) is 11.0 Å². The van der Waals surface area contributed by atoms with Crippen LogP contribution in [0.3, 0.4) is 0 Å². The topological polar surface area (TPSA) is 43.6 Å². The Bertz CT molecular complexity index is 865. The first-order valence-electron chi connectivity index (χ1n) is 8.46. The molecule has 0 atom stereocenters. The van der Waals surface area contributed by atoms with Crippen LogP contribution in [0.15, 0.2) is 47.8 Å².